The van der Waals surface area contributed by atoms with Crippen LogP contribution in [0.3, 0.4) is 0 Å². The Morgan fingerprint density at radius 3 is 2.54 bits per heavy atom. The van der Waals surface area contributed by atoms with Crippen molar-refractivity contribution in [3.63, 3.8) is 0 Å². The molecule has 2 aromatic carbocycles. The molecule has 0 atom stereocenters. The molecule has 2 aromatic rings. The van der Waals surface area contributed by atoms with E-state index in [0.717, 1.165) is 0 Å². The Balaban J connectivity index is 1.77. The van der Waals surface area contributed by atoms with Gasteiger partial charge in [0, 0.05) is 45.0 Å². The number of rotatable bonds is 7. The van der Waals surface area contributed by atoms with E-state index >= 15 is 0 Å². The number of amides is 3. The molecule has 0 saturated heterocycles. The summed E-state index contributed by atoms with van der Waals surface area (Å²) in [6, 6.07) is 10.7. The average Bonchev–Trinajstić information content (AvgIpc) is 2.93. The maximum atomic E-state index is 13.8. The van der Waals surface area contributed by atoms with Crippen LogP contribution in [-0.4, -0.2) is 54.8 Å². The molecule has 0 spiro atoms. The Bertz CT molecular complexity index is 928. The SMILES string of the molecule is COCCCN1C(=O)c2ccc(C(=O)N(C)Cc3ccccc3F)cc2C1=O. The van der Waals surface area contributed by atoms with Crippen molar-refractivity contribution in [2.24, 2.45) is 0 Å². The van der Waals surface area contributed by atoms with Crippen molar-refractivity contribution in [1.29, 1.82) is 0 Å². The van der Waals surface area contributed by atoms with Gasteiger partial charge >= 0.3 is 0 Å². The van der Waals surface area contributed by atoms with Crippen molar-refractivity contribution in [3.05, 3.63) is 70.5 Å². The molecule has 0 radical (unpaired) electrons. The number of fused-ring (bicyclic) bond motifs is 1. The van der Waals surface area contributed by atoms with E-state index in [1.165, 1.54) is 34.1 Å². The minimum absolute atomic E-state index is 0.0958. The Labute approximate surface area is 162 Å². The molecule has 0 N–H and O–H groups in total. The van der Waals surface area contributed by atoms with Gasteiger partial charge in [0.15, 0.2) is 0 Å². The quantitative estimate of drug-likeness (QED) is 0.544. The number of carbonyl (C=O) groups is 3. The zero-order valence-corrected chi connectivity index (χ0v) is 15.8. The Hall–Kier alpha value is -3.06. The molecule has 0 aromatic heterocycles. The lowest BCUT2D eigenvalue weighted by atomic mass is 10.0. The van der Waals surface area contributed by atoms with Gasteiger partial charge in [-0.15, -0.1) is 0 Å². The fraction of sp³-hybridized carbons (Fsp3) is 0.286. The summed E-state index contributed by atoms with van der Waals surface area (Å²) >= 11 is 0. The second-order valence-corrected chi connectivity index (χ2v) is 6.62. The molecule has 3 rings (SSSR count). The lowest BCUT2D eigenvalue weighted by Gasteiger charge is -2.18. The van der Waals surface area contributed by atoms with Gasteiger partial charge in [-0.25, -0.2) is 4.39 Å². The van der Waals surface area contributed by atoms with Gasteiger partial charge in [0.05, 0.1) is 11.1 Å². The van der Waals surface area contributed by atoms with Crippen molar-refractivity contribution < 1.29 is 23.5 Å². The second-order valence-electron chi connectivity index (χ2n) is 6.62. The number of halogens is 1. The summed E-state index contributed by atoms with van der Waals surface area (Å²) in [5, 5.41) is 0. The van der Waals surface area contributed by atoms with E-state index in [4.69, 9.17) is 4.74 Å². The molecule has 1 aliphatic heterocycles. The molecule has 1 heterocycles. The van der Waals surface area contributed by atoms with E-state index in [-0.39, 0.29) is 47.4 Å². The van der Waals surface area contributed by atoms with E-state index in [9.17, 15) is 18.8 Å². The summed E-state index contributed by atoms with van der Waals surface area (Å²) in [7, 11) is 3.12. The summed E-state index contributed by atoms with van der Waals surface area (Å²) in [5.74, 6) is -1.52. The second kappa shape index (κ2) is 8.31. The summed E-state index contributed by atoms with van der Waals surface area (Å²) < 4.78 is 18.8. The number of carbonyl (C=O) groups excluding carboxylic acids is 3. The normalized spacial score (nSPS) is 13.0. The Morgan fingerprint density at radius 1 is 1.11 bits per heavy atom. The number of hydrogen-bond acceptors (Lipinski definition) is 4. The Morgan fingerprint density at radius 2 is 1.82 bits per heavy atom. The van der Waals surface area contributed by atoms with E-state index < -0.39 is 5.91 Å². The topological polar surface area (TPSA) is 66.9 Å². The van der Waals surface area contributed by atoms with Crippen molar-refractivity contribution in [1.82, 2.24) is 9.80 Å². The van der Waals surface area contributed by atoms with Crippen LogP contribution in [0.15, 0.2) is 42.5 Å². The van der Waals surface area contributed by atoms with Gasteiger partial charge in [0.25, 0.3) is 17.7 Å². The lowest BCUT2D eigenvalue weighted by Crippen LogP contribution is -2.31. The fourth-order valence-electron chi connectivity index (χ4n) is 3.17. The molecular formula is C21H21FN2O4. The third kappa shape index (κ3) is 3.80. The zero-order valence-electron chi connectivity index (χ0n) is 15.8. The highest BCUT2D eigenvalue weighted by atomic mass is 19.1. The average molecular weight is 384 g/mol. The highest BCUT2D eigenvalue weighted by Gasteiger charge is 2.35. The maximum absolute atomic E-state index is 13.8. The number of ether oxygens (including phenoxy) is 1. The largest absolute Gasteiger partial charge is 0.385 e. The van der Waals surface area contributed by atoms with E-state index in [0.29, 0.717) is 18.6 Å². The molecule has 0 aliphatic carbocycles. The molecule has 0 unspecified atom stereocenters. The van der Waals surface area contributed by atoms with Crippen molar-refractivity contribution in [2.45, 2.75) is 13.0 Å². The number of imide groups is 1. The summed E-state index contributed by atoms with van der Waals surface area (Å²) in [6.07, 6.45) is 0.541. The van der Waals surface area contributed by atoms with Gasteiger partial charge in [0.2, 0.25) is 0 Å². The first-order chi connectivity index (χ1) is 13.4. The van der Waals surface area contributed by atoms with Gasteiger partial charge in [-0.2, -0.15) is 0 Å². The predicted octanol–water partition coefficient (Wildman–Crippen LogP) is 2.73. The smallest absolute Gasteiger partial charge is 0.261 e. The van der Waals surface area contributed by atoms with E-state index in [2.05, 4.69) is 0 Å². The standard InChI is InChI=1S/C21H21FN2O4/c1-23(13-15-6-3-4-7-18(15)22)19(25)14-8-9-16-17(12-14)21(27)24(20(16)26)10-5-11-28-2/h3-4,6-9,12H,5,10-11,13H2,1-2H3. The van der Waals surface area contributed by atoms with Crippen LogP contribution >= 0.6 is 0 Å². The minimum atomic E-state index is -0.414. The lowest BCUT2D eigenvalue weighted by molar-refractivity contribution is 0.0638. The van der Waals surface area contributed by atoms with Crippen LogP contribution in [-0.2, 0) is 11.3 Å². The molecule has 3 amide bonds. The van der Waals surface area contributed by atoms with Crippen LogP contribution in [0.1, 0.15) is 43.1 Å². The molecule has 0 saturated carbocycles. The minimum Gasteiger partial charge on any atom is -0.385 e. The van der Waals surface area contributed by atoms with Crippen molar-refractivity contribution in [3.8, 4) is 0 Å². The van der Waals surface area contributed by atoms with Gasteiger partial charge in [-0.1, -0.05) is 18.2 Å². The highest BCUT2D eigenvalue weighted by molar-refractivity contribution is 6.22. The number of methoxy groups -OCH3 is 1. The fourth-order valence-corrected chi connectivity index (χ4v) is 3.17. The van der Waals surface area contributed by atoms with Crippen LogP contribution < -0.4 is 0 Å². The summed E-state index contributed by atoms with van der Waals surface area (Å²) in [6.45, 7) is 0.799. The van der Waals surface area contributed by atoms with Gasteiger partial charge < -0.3 is 9.64 Å². The maximum Gasteiger partial charge on any atom is 0.261 e. The molecule has 146 valence electrons. The van der Waals surface area contributed by atoms with Gasteiger partial charge in [-0.3, -0.25) is 19.3 Å². The van der Waals surface area contributed by atoms with Gasteiger partial charge in [0.1, 0.15) is 5.82 Å². The zero-order chi connectivity index (χ0) is 20.3. The third-order valence-corrected chi connectivity index (χ3v) is 4.66. The summed E-state index contributed by atoms with van der Waals surface area (Å²) in [4.78, 5) is 40.3. The van der Waals surface area contributed by atoms with Crippen LogP contribution in [0, 0.1) is 5.82 Å². The van der Waals surface area contributed by atoms with Crippen LogP contribution in [0.25, 0.3) is 0 Å². The van der Waals surface area contributed by atoms with Crippen LogP contribution in [0.4, 0.5) is 4.39 Å². The van der Waals surface area contributed by atoms with E-state index in [1.807, 2.05) is 0 Å². The monoisotopic (exact) mass is 384 g/mol. The Kier molecular flexibility index (Phi) is 5.84. The number of benzene rings is 2. The highest BCUT2D eigenvalue weighted by Crippen LogP contribution is 2.25. The first-order valence-electron chi connectivity index (χ1n) is 8.92. The molecule has 0 fully saturated rings. The van der Waals surface area contributed by atoms with Crippen LogP contribution in [0.2, 0.25) is 0 Å². The molecule has 1 aliphatic rings. The third-order valence-electron chi connectivity index (χ3n) is 4.66. The summed E-state index contributed by atoms with van der Waals surface area (Å²) in [5.41, 5.74) is 1.18. The first kappa shape index (κ1) is 19.7. The van der Waals surface area contributed by atoms with Crippen molar-refractivity contribution >= 4 is 17.7 Å². The first-order valence-corrected chi connectivity index (χ1v) is 8.92. The molecular weight excluding hydrogens is 363 g/mol. The molecule has 28 heavy (non-hydrogen) atoms. The molecule has 7 heteroatoms. The number of nitrogens with zero attached hydrogens (tertiary/aromatic N) is 2. The predicted molar refractivity (Wildman–Crippen MR) is 100 cm³/mol. The molecule has 6 nitrogen and oxygen atoms in total. The van der Waals surface area contributed by atoms with Gasteiger partial charge in [-0.05, 0) is 30.7 Å². The van der Waals surface area contributed by atoms with Crippen LogP contribution in [0.5, 0.6) is 0 Å². The number of hydrogen-bond donors (Lipinski definition) is 0. The van der Waals surface area contributed by atoms with E-state index in [1.54, 1.807) is 32.4 Å². The van der Waals surface area contributed by atoms with Crippen molar-refractivity contribution in [2.75, 3.05) is 27.3 Å². The molecule has 0 bridgehead atoms.